The van der Waals surface area contributed by atoms with Crippen molar-refractivity contribution in [3.8, 4) is 0 Å². The van der Waals surface area contributed by atoms with E-state index >= 15 is 0 Å². The van der Waals surface area contributed by atoms with Crippen molar-refractivity contribution < 1.29 is 14.3 Å². The Morgan fingerprint density at radius 1 is 1.04 bits per heavy atom. The SMILES string of the molecule is CCOC(=O)CNc1ccc(Cc2ccc(NC(C)=O)c(C(C)C)c2)cc1. The second-order valence-corrected chi connectivity index (χ2v) is 6.79. The Kier molecular flexibility index (Phi) is 7.41. The highest BCUT2D eigenvalue weighted by Gasteiger charge is 2.10. The van der Waals surface area contributed by atoms with Crippen LogP contribution in [0.4, 0.5) is 11.4 Å². The van der Waals surface area contributed by atoms with Crippen LogP contribution in [-0.2, 0) is 20.7 Å². The molecule has 2 aromatic rings. The first kappa shape index (κ1) is 20.5. The third kappa shape index (κ3) is 6.44. The molecule has 2 rings (SSSR count). The molecule has 0 heterocycles. The lowest BCUT2D eigenvalue weighted by molar-refractivity contribution is -0.140. The summed E-state index contributed by atoms with van der Waals surface area (Å²) in [6.07, 6.45) is 0.804. The topological polar surface area (TPSA) is 67.4 Å². The lowest BCUT2D eigenvalue weighted by Crippen LogP contribution is -2.16. The largest absolute Gasteiger partial charge is 0.465 e. The van der Waals surface area contributed by atoms with E-state index in [-0.39, 0.29) is 18.4 Å². The van der Waals surface area contributed by atoms with Gasteiger partial charge in [0.2, 0.25) is 5.91 Å². The van der Waals surface area contributed by atoms with Crippen molar-refractivity contribution in [2.45, 2.75) is 40.0 Å². The van der Waals surface area contributed by atoms with Crippen molar-refractivity contribution in [1.29, 1.82) is 0 Å². The molecule has 144 valence electrons. The molecule has 0 bridgehead atoms. The summed E-state index contributed by atoms with van der Waals surface area (Å²) < 4.78 is 4.90. The predicted octanol–water partition coefficient (Wildman–Crippen LogP) is 4.33. The van der Waals surface area contributed by atoms with Crippen LogP contribution >= 0.6 is 0 Å². The lowest BCUT2D eigenvalue weighted by Gasteiger charge is -2.15. The fraction of sp³-hybridized carbons (Fsp3) is 0.364. The summed E-state index contributed by atoms with van der Waals surface area (Å²) >= 11 is 0. The minimum atomic E-state index is -0.262. The minimum Gasteiger partial charge on any atom is -0.465 e. The van der Waals surface area contributed by atoms with Crippen LogP contribution in [0.15, 0.2) is 42.5 Å². The molecule has 0 aromatic heterocycles. The Morgan fingerprint density at radius 3 is 2.30 bits per heavy atom. The quantitative estimate of drug-likeness (QED) is 0.681. The average Bonchev–Trinajstić information content (AvgIpc) is 2.62. The molecule has 2 aromatic carbocycles. The number of carbonyl (C=O) groups is 2. The van der Waals surface area contributed by atoms with Crippen molar-refractivity contribution in [2.75, 3.05) is 23.8 Å². The zero-order valence-electron chi connectivity index (χ0n) is 16.5. The maximum atomic E-state index is 11.4. The third-order valence-electron chi connectivity index (χ3n) is 4.15. The highest BCUT2D eigenvalue weighted by Crippen LogP contribution is 2.26. The van der Waals surface area contributed by atoms with Gasteiger partial charge in [0.05, 0.1) is 6.61 Å². The molecule has 27 heavy (non-hydrogen) atoms. The Morgan fingerprint density at radius 2 is 1.70 bits per heavy atom. The number of hydrogen-bond donors (Lipinski definition) is 2. The molecule has 0 saturated heterocycles. The smallest absolute Gasteiger partial charge is 0.325 e. The van der Waals surface area contributed by atoms with Gasteiger partial charge in [-0.15, -0.1) is 0 Å². The number of esters is 1. The number of hydrogen-bond acceptors (Lipinski definition) is 4. The lowest BCUT2D eigenvalue weighted by atomic mass is 9.95. The molecule has 0 atom stereocenters. The van der Waals surface area contributed by atoms with Crippen molar-refractivity contribution in [1.82, 2.24) is 0 Å². The third-order valence-corrected chi connectivity index (χ3v) is 4.15. The number of ether oxygens (including phenoxy) is 1. The molecule has 0 radical (unpaired) electrons. The molecule has 0 aliphatic rings. The van der Waals surface area contributed by atoms with Gasteiger partial charge in [0.25, 0.3) is 0 Å². The van der Waals surface area contributed by atoms with E-state index in [0.29, 0.717) is 12.5 Å². The Bertz CT molecular complexity index is 783. The summed E-state index contributed by atoms with van der Waals surface area (Å²) in [4.78, 5) is 22.8. The van der Waals surface area contributed by atoms with E-state index in [1.54, 1.807) is 6.92 Å². The summed E-state index contributed by atoms with van der Waals surface area (Å²) in [5, 5.41) is 5.96. The fourth-order valence-corrected chi connectivity index (χ4v) is 2.87. The molecule has 2 N–H and O–H groups in total. The fourth-order valence-electron chi connectivity index (χ4n) is 2.87. The summed E-state index contributed by atoms with van der Waals surface area (Å²) in [6, 6.07) is 14.2. The van der Waals surface area contributed by atoms with Crippen LogP contribution in [0.2, 0.25) is 0 Å². The standard InChI is InChI=1S/C22H28N2O3/c1-5-27-22(26)14-23-19-9-6-17(7-10-19)12-18-8-11-21(24-16(4)25)20(13-18)15(2)3/h6-11,13,15,23H,5,12,14H2,1-4H3,(H,24,25). The van der Waals surface area contributed by atoms with E-state index in [4.69, 9.17) is 4.74 Å². The van der Waals surface area contributed by atoms with Gasteiger partial charge in [-0.05, 0) is 54.2 Å². The van der Waals surface area contributed by atoms with E-state index in [2.05, 4.69) is 30.5 Å². The van der Waals surface area contributed by atoms with Gasteiger partial charge in [0.1, 0.15) is 6.54 Å². The van der Waals surface area contributed by atoms with E-state index in [9.17, 15) is 9.59 Å². The van der Waals surface area contributed by atoms with Crippen LogP contribution in [0.5, 0.6) is 0 Å². The number of carbonyl (C=O) groups excluding carboxylic acids is 2. The second-order valence-electron chi connectivity index (χ2n) is 6.79. The molecule has 0 spiro atoms. The van der Waals surface area contributed by atoms with Crippen molar-refractivity contribution >= 4 is 23.3 Å². The normalized spacial score (nSPS) is 10.6. The molecular weight excluding hydrogens is 340 g/mol. The molecule has 0 unspecified atom stereocenters. The Labute approximate surface area is 161 Å². The van der Waals surface area contributed by atoms with Gasteiger partial charge >= 0.3 is 5.97 Å². The summed E-state index contributed by atoms with van der Waals surface area (Å²) in [7, 11) is 0. The van der Waals surface area contributed by atoms with Crippen LogP contribution < -0.4 is 10.6 Å². The van der Waals surface area contributed by atoms with Gasteiger partial charge < -0.3 is 15.4 Å². The molecule has 5 heteroatoms. The van der Waals surface area contributed by atoms with Gasteiger partial charge in [-0.1, -0.05) is 38.1 Å². The molecule has 0 aliphatic carbocycles. The molecule has 0 saturated carbocycles. The summed E-state index contributed by atoms with van der Waals surface area (Å²) in [5.74, 6) is -0.00105. The van der Waals surface area contributed by atoms with E-state index in [1.807, 2.05) is 36.4 Å². The van der Waals surface area contributed by atoms with Crippen LogP contribution in [0.1, 0.15) is 50.3 Å². The highest BCUT2D eigenvalue weighted by molar-refractivity contribution is 5.89. The summed E-state index contributed by atoms with van der Waals surface area (Å²) in [6.45, 7) is 8.10. The van der Waals surface area contributed by atoms with Gasteiger partial charge in [-0.3, -0.25) is 9.59 Å². The van der Waals surface area contributed by atoms with Crippen LogP contribution in [-0.4, -0.2) is 25.0 Å². The van der Waals surface area contributed by atoms with Crippen LogP contribution in [0, 0.1) is 0 Å². The first-order valence-corrected chi connectivity index (χ1v) is 9.28. The van der Waals surface area contributed by atoms with Crippen molar-refractivity contribution in [3.05, 3.63) is 59.2 Å². The molecule has 0 fully saturated rings. The maximum absolute atomic E-state index is 11.4. The predicted molar refractivity (Wildman–Crippen MR) is 109 cm³/mol. The Hall–Kier alpha value is -2.82. The number of nitrogens with one attached hydrogen (secondary N) is 2. The molecule has 1 amide bonds. The molecular formula is C22H28N2O3. The van der Waals surface area contributed by atoms with Gasteiger partial charge in [-0.25, -0.2) is 0 Å². The zero-order chi connectivity index (χ0) is 19.8. The summed E-state index contributed by atoms with van der Waals surface area (Å²) in [5.41, 5.74) is 5.27. The first-order chi connectivity index (χ1) is 12.9. The number of benzene rings is 2. The zero-order valence-corrected chi connectivity index (χ0v) is 16.5. The Balaban J connectivity index is 2.05. The van der Waals surface area contributed by atoms with Crippen LogP contribution in [0.3, 0.4) is 0 Å². The van der Waals surface area contributed by atoms with Gasteiger partial charge in [0, 0.05) is 18.3 Å². The number of anilines is 2. The van der Waals surface area contributed by atoms with E-state index < -0.39 is 0 Å². The van der Waals surface area contributed by atoms with Gasteiger partial charge in [-0.2, -0.15) is 0 Å². The second kappa shape index (κ2) is 9.76. The van der Waals surface area contributed by atoms with Crippen molar-refractivity contribution in [3.63, 3.8) is 0 Å². The molecule has 5 nitrogen and oxygen atoms in total. The van der Waals surface area contributed by atoms with Crippen LogP contribution in [0.25, 0.3) is 0 Å². The number of amides is 1. The first-order valence-electron chi connectivity index (χ1n) is 9.28. The molecule has 0 aliphatic heterocycles. The maximum Gasteiger partial charge on any atom is 0.325 e. The van der Waals surface area contributed by atoms with Crippen molar-refractivity contribution in [2.24, 2.45) is 0 Å². The minimum absolute atomic E-state index is 0.0597. The highest BCUT2D eigenvalue weighted by atomic mass is 16.5. The van der Waals surface area contributed by atoms with Gasteiger partial charge in [0.15, 0.2) is 0 Å². The monoisotopic (exact) mass is 368 g/mol. The number of rotatable bonds is 8. The van der Waals surface area contributed by atoms with E-state index in [0.717, 1.165) is 23.4 Å². The average molecular weight is 368 g/mol. The van der Waals surface area contributed by atoms with E-state index in [1.165, 1.54) is 18.1 Å².